The number of aliphatic carboxylic acids is 1. The van der Waals surface area contributed by atoms with Gasteiger partial charge in [0.1, 0.15) is 36.3 Å². The molecule has 1 fully saturated rings. The van der Waals surface area contributed by atoms with Gasteiger partial charge in [0.05, 0.1) is 18.2 Å². The number of amides is 6. The van der Waals surface area contributed by atoms with Crippen LogP contribution in [0.15, 0.2) is 12.7 Å². The fraction of sp³-hybridized carbons (Fsp3) is 0.775. The van der Waals surface area contributed by atoms with Crippen LogP contribution >= 0.6 is 0 Å². The van der Waals surface area contributed by atoms with Crippen LogP contribution in [0.1, 0.15) is 94.4 Å². The third-order valence-corrected chi connectivity index (χ3v) is 11.2. The van der Waals surface area contributed by atoms with E-state index in [1.54, 1.807) is 47.6 Å². The molecule has 1 heterocycles. The standard InChI is InChI=1S/C40H71N7O10/c1-14-23(7)20-28(38(54)46(12)26(10)40(56)57)42-36(52)31(33(49)22(5)6)47(13)37(53)25(9)45(11)39(55)29(24(8)15-2)43-35(51)30(32(48)21(3)4)44-34(50)27-18-16-17-19-41-27/h14,21-33,41,48-49H,1,15-20H2,2-13H3,(H,42,52)(H,43,51)(H,44,50)(H,56,57)/t23-,24-,25-,26-,27+,28-,29?,30?,31-,32+,33+/m0/s1. The largest absolute Gasteiger partial charge is 0.480 e. The molecule has 0 spiro atoms. The fourth-order valence-corrected chi connectivity index (χ4v) is 6.43. The molecule has 0 aromatic carbocycles. The summed E-state index contributed by atoms with van der Waals surface area (Å²) < 4.78 is 0. The Balaban J connectivity index is 3.42. The highest BCUT2D eigenvalue weighted by molar-refractivity contribution is 5.97. The Bertz CT molecular complexity index is 1400. The Kier molecular flexibility index (Phi) is 20.9. The van der Waals surface area contributed by atoms with Crippen LogP contribution in [0.5, 0.6) is 0 Å². The van der Waals surface area contributed by atoms with Crippen LogP contribution in [-0.2, 0) is 33.6 Å². The van der Waals surface area contributed by atoms with Gasteiger partial charge in [-0.25, -0.2) is 4.79 Å². The molecular formula is C40H71N7O10. The zero-order valence-corrected chi connectivity index (χ0v) is 36.1. The molecule has 0 aromatic heterocycles. The summed E-state index contributed by atoms with van der Waals surface area (Å²) in [6.07, 6.45) is 1.70. The first-order chi connectivity index (χ1) is 26.4. The number of carboxylic acids is 1. The Morgan fingerprint density at radius 1 is 0.737 bits per heavy atom. The molecule has 0 aliphatic carbocycles. The Hall–Kier alpha value is -4.09. The molecule has 17 heteroatoms. The van der Waals surface area contributed by atoms with Crippen LogP contribution in [0.4, 0.5) is 0 Å². The van der Waals surface area contributed by atoms with Gasteiger partial charge in [0, 0.05) is 21.1 Å². The number of rotatable bonds is 22. The number of aliphatic hydroxyl groups is 2. The van der Waals surface area contributed by atoms with Crippen molar-refractivity contribution in [2.24, 2.45) is 23.7 Å². The second-order valence-corrected chi connectivity index (χ2v) is 16.3. The number of carboxylic acid groups (broad SMARTS) is 1. The number of carbonyl (C=O) groups is 7. The van der Waals surface area contributed by atoms with Gasteiger partial charge in [0.25, 0.3) is 0 Å². The number of piperidine rings is 1. The van der Waals surface area contributed by atoms with E-state index in [4.69, 9.17) is 0 Å². The van der Waals surface area contributed by atoms with Crippen molar-refractivity contribution >= 4 is 41.4 Å². The molecular weight excluding hydrogens is 738 g/mol. The Morgan fingerprint density at radius 3 is 1.77 bits per heavy atom. The first-order valence-electron chi connectivity index (χ1n) is 20.1. The molecule has 326 valence electrons. The summed E-state index contributed by atoms with van der Waals surface area (Å²) in [4.78, 5) is 97.5. The van der Waals surface area contributed by atoms with E-state index in [-0.39, 0.29) is 12.3 Å². The summed E-state index contributed by atoms with van der Waals surface area (Å²) in [6, 6.07) is -8.28. The molecule has 0 saturated carbocycles. The highest BCUT2D eigenvalue weighted by Crippen LogP contribution is 2.20. The SMILES string of the molecule is C=C[C@H](C)C[C@H](NC(=O)[C@H]([C@H](O)C(C)C)N(C)C(=O)[C@H](C)N(C)C(=O)C(NC(=O)C(NC(=O)[C@H]1CCCCN1)[C@H](O)C(C)C)[C@@H](C)CC)C(=O)N(C)[C@@H](C)C(=O)O. The van der Waals surface area contributed by atoms with Gasteiger partial charge in [-0.1, -0.05) is 67.4 Å². The quantitative estimate of drug-likeness (QED) is 0.0743. The maximum Gasteiger partial charge on any atom is 0.326 e. The molecule has 57 heavy (non-hydrogen) atoms. The van der Waals surface area contributed by atoms with Crippen molar-refractivity contribution in [3.8, 4) is 0 Å². The summed E-state index contributed by atoms with van der Waals surface area (Å²) in [5, 5.41) is 43.0. The van der Waals surface area contributed by atoms with Gasteiger partial charge in [0.2, 0.25) is 35.4 Å². The van der Waals surface area contributed by atoms with E-state index in [2.05, 4.69) is 27.8 Å². The van der Waals surface area contributed by atoms with Crippen LogP contribution in [0, 0.1) is 23.7 Å². The first-order valence-corrected chi connectivity index (χ1v) is 20.1. The molecule has 0 aromatic rings. The van der Waals surface area contributed by atoms with Gasteiger partial charge in [0.15, 0.2) is 0 Å². The van der Waals surface area contributed by atoms with Crippen LogP contribution in [0.2, 0.25) is 0 Å². The summed E-state index contributed by atoms with van der Waals surface area (Å²) in [5.74, 6) is -7.10. The second kappa shape index (κ2) is 23.3. The van der Waals surface area contributed by atoms with E-state index in [1.165, 1.54) is 35.0 Å². The fourth-order valence-electron chi connectivity index (χ4n) is 6.43. The van der Waals surface area contributed by atoms with E-state index in [0.717, 1.165) is 27.5 Å². The number of nitrogens with one attached hydrogen (secondary N) is 4. The van der Waals surface area contributed by atoms with Crippen LogP contribution in [-0.4, -0.2) is 154 Å². The Morgan fingerprint density at radius 2 is 1.30 bits per heavy atom. The molecule has 6 amide bonds. The molecule has 0 radical (unpaired) electrons. The van der Waals surface area contributed by atoms with Gasteiger partial charge >= 0.3 is 5.97 Å². The van der Waals surface area contributed by atoms with Crippen LogP contribution in [0.3, 0.4) is 0 Å². The predicted molar refractivity (Wildman–Crippen MR) is 215 cm³/mol. The number of hydrogen-bond acceptors (Lipinski definition) is 10. The first kappa shape index (κ1) is 50.9. The number of aliphatic hydroxyl groups excluding tert-OH is 2. The lowest BCUT2D eigenvalue weighted by atomic mass is 9.94. The number of allylic oxidation sites excluding steroid dienone is 1. The molecule has 1 aliphatic heterocycles. The van der Waals surface area contributed by atoms with Crippen molar-refractivity contribution < 1.29 is 48.9 Å². The molecule has 1 aliphatic rings. The lowest BCUT2D eigenvalue weighted by Gasteiger charge is -2.38. The van der Waals surface area contributed by atoms with Gasteiger partial charge in [-0.3, -0.25) is 28.8 Å². The summed E-state index contributed by atoms with van der Waals surface area (Å²) >= 11 is 0. The van der Waals surface area contributed by atoms with E-state index in [9.17, 15) is 48.9 Å². The third kappa shape index (κ3) is 14.1. The van der Waals surface area contributed by atoms with Gasteiger partial charge in [-0.2, -0.15) is 0 Å². The second-order valence-electron chi connectivity index (χ2n) is 16.3. The van der Waals surface area contributed by atoms with Crippen molar-refractivity contribution in [1.29, 1.82) is 0 Å². The minimum atomic E-state index is -1.54. The lowest BCUT2D eigenvalue weighted by molar-refractivity contribution is -0.153. The molecule has 17 nitrogen and oxygen atoms in total. The summed E-state index contributed by atoms with van der Waals surface area (Å²) in [6.45, 7) is 19.2. The molecule has 2 unspecified atom stereocenters. The normalized spacial score (nSPS) is 19.6. The zero-order valence-electron chi connectivity index (χ0n) is 36.1. The summed E-state index contributed by atoms with van der Waals surface area (Å²) in [7, 11) is 3.97. The van der Waals surface area contributed by atoms with Gasteiger partial charge in [-0.05, 0) is 63.3 Å². The molecule has 7 N–H and O–H groups in total. The maximum atomic E-state index is 14.2. The molecule has 1 saturated heterocycles. The summed E-state index contributed by atoms with van der Waals surface area (Å²) in [5.41, 5.74) is 0. The lowest BCUT2D eigenvalue weighted by Crippen LogP contribution is -2.63. The van der Waals surface area contributed by atoms with Crippen LogP contribution in [0.25, 0.3) is 0 Å². The third-order valence-electron chi connectivity index (χ3n) is 11.2. The monoisotopic (exact) mass is 810 g/mol. The van der Waals surface area contributed by atoms with Crippen molar-refractivity contribution in [1.82, 2.24) is 36.0 Å². The number of likely N-dealkylation sites (N-methyl/N-ethyl adjacent to an activating group) is 3. The van der Waals surface area contributed by atoms with Crippen molar-refractivity contribution in [2.45, 2.75) is 149 Å². The minimum Gasteiger partial charge on any atom is -0.480 e. The Labute approximate surface area is 338 Å². The average Bonchev–Trinajstić information content (AvgIpc) is 3.18. The van der Waals surface area contributed by atoms with Crippen LogP contribution < -0.4 is 21.3 Å². The van der Waals surface area contributed by atoms with Gasteiger partial charge < -0.3 is 51.3 Å². The predicted octanol–water partition coefficient (Wildman–Crippen LogP) is 0.480. The zero-order chi connectivity index (χ0) is 44.1. The molecule has 1 rings (SSSR count). The molecule has 0 bridgehead atoms. The highest BCUT2D eigenvalue weighted by Gasteiger charge is 2.42. The maximum absolute atomic E-state index is 14.2. The number of hydrogen-bond donors (Lipinski definition) is 7. The van der Waals surface area contributed by atoms with Gasteiger partial charge in [-0.15, -0.1) is 6.58 Å². The highest BCUT2D eigenvalue weighted by atomic mass is 16.4. The van der Waals surface area contributed by atoms with E-state index in [1.807, 2.05) is 6.92 Å². The van der Waals surface area contributed by atoms with Crippen molar-refractivity contribution in [3.05, 3.63) is 12.7 Å². The minimum absolute atomic E-state index is 0.0550. The molecule has 11 atom stereocenters. The van der Waals surface area contributed by atoms with E-state index < -0.39 is 114 Å². The number of carbonyl (C=O) groups excluding carboxylic acids is 6. The number of nitrogens with zero attached hydrogens (tertiary/aromatic N) is 3. The van der Waals surface area contributed by atoms with E-state index >= 15 is 0 Å². The topological polar surface area (TPSA) is 238 Å². The van der Waals surface area contributed by atoms with E-state index in [0.29, 0.717) is 19.4 Å². The average molecular weight is 810 g/mol. The smallest absolute Gasteiger partial charge is 0.326 e. The van der Waals surface area contributed by atoms with Crippen molar-refractivity contribution in [3.63, 3.8) is 0 Å². The van der Waals surface area contributed by atoms with Crippen molar-refractivity contribution in [2.75, 3.05) is 27.7 Å².